The molecular formula is C16H33NO3. The number of carbonyl (C=O) groups is 1. The van der Waals surface area contributed by atoms with Gasteiger partial charge in [0.15, 0.2) is 0 Å². The van der Waals surface area contributed by atoms with Gasteiger partial charge >= 0.3 is 5.97 Å². The van der Waals surface area contributed by atoms with Crippen LogP contribution in [0.1, 0.15) is 65.7 Å². The molecule has 0 amide bonds. The Bertz CT molecular complexity index is 232. The van der Waals surface area contributed by atoms with Crippen LogP contribution < -0.4 is 5.32 Å². The van der Waals surface area contributed by atoms with Crippen LogP contribution in [0, 0.1) is 0 Å². The van der Waals surface area contributed by atoms with Gasteiger partial charge in [-0.15, -0.1) is 0 Å². The Morgan fingerprint density at radius 2 is 1.70 bits per heavy atom. The van der Waals surface area contributed by atoms with Gasteiger partial charge in [-0.25, -0.2) is 0 Å². The Hall–Kier alpha value is -0.610. The van der Waals surface area contributed by atoms with Crippen LogP contribution in [0.3, 0.4) is 0 Å². The van der Waals surface area contributed by atoms with E-state index in [4.69, 9.17) is 9.47 Å². The molecule has 0 aliphatic heterocycles. The molecule has 4 nitrogen and oxygen atoms in total. The summed E-state index contributed by atoms with van der Waals surface area (Å²) in [7, 11) is 1.43. The minimum Gasteiger partial charge on any atom is -0.468 e. The smallest absolute Gasteiger partial charge is 0.322 e. The van der Waals surface area contributed by atoms with Gasteiger partial charge in [-0.05, 0) is 12.8 Å². The molecule has 20 heavy (non-hydrogen) atoms. The van der Waals surface area contributed by atoms with Crippen molar-refractivity contribution in [3.63, 3.8) is 0 Å². The normalized spacial score (nSPS) is 12.7. The van der Waals surface area contributed by atoms with Gasteiger partial charge in [0.2, 0.25) is 0 Å². The Morgan fingerprint density at radius 3 is 2.30 bits per heavy atom. The summed E-state index contributed by atoms with van der Waals surface area (Å²) < 4.78 is 10.4. The molecule has 0 aromatic heterocycles. The van der Waals surface area contributed by atoms with E-state index < -0.39 is 0 Å². The molecule has 1 unspecified atom stereocenters. The lowest BCUT2D eigenvalue weighted by molar-refractivity contribution is -0.143. The Balaban J connectivity index is 3.56. The second-order valence-corrected chi connectivity index (χ2v) is 5.57. The van der Waals surface area contributed by atoms with Gasteiger partial charge in [0, 0.05) is 19.3 Å². The van der Waals surface area contributed by atoms with E-state index in [1.807, 2.05) is 13.8 Å². The van der Waals surface area contributed by atoms with Crippen LogP contribution in [0.2, 0.25) is 0 Å². The Labute approximate surface area is 124 Å². The third-order valence-corrected chi connectivity index (χ3v) is 3.21. The van der Waals surface area contributed by atoms with Crippen molar-refractivity contribution in [3.05, 3.63) is 0 Å². The van der Waals surface area contributed by atoms with Crippen molar-refractivity contribution in [1.29, 1.82) is 0 Å². The fourth-order valence-electron chi connectivity index (χ4n) is 2.10. The van der Waals surface area contributed by atoms with Gasteiger partial charge in [-0.1, -0.05) is 52.9 Å². The van der Waals surface area contributed by atoms with Gasteiger partial charge < -0.3 is 14.8 Å². The summed E-state index contributed by atoms with van der Waals surface area (Å²) in [5.41, 5.74) is 0. The van der Waals surface area contributed by atoms with E-state index in [9.17, 15) is 4.79 Å². The number of methoxy groups -OCH3 is 1. The molecule has 4 heteroatoms. The van der Waals surface area contributed by atoms with Crippen molar-refractivity contribution in [1.82, 2.24) is 5.32 Å². The highest BCUT2D eigenvalue weighted by Crippen LogP contribution is 2.05. The number of carbonyl (C=O) groups excluding carboxylic acids is 1. The van der Waals surface area contributed by atoms with Crippen molar-refractivity contribution < 1.29 is 14.3 Å². The third-order valence-electron chi connectivity index (χ3n) is 3.21. The van der Waals surface area contributed by atoms with E-state index in [-0.39, 0.29) is 18.1 Å². The number of esters is 1. The summed E-state index contributed by atoms with van der Waals surface area (Å²) in [5, 5.41) is 3.20. The molecule has 0 aromatic carbocycles. The highest BCUT2D eigenvalue weighted by molar-refractivity contribution is 5.75. The van der Waals surface area contributed by atoms with E-state index in [1.54, 1.807) is 0 Å². The minimum atomic E-state index is -0.260. The lowest BCUT2D eigenvalue weighted by atomic mass is 10.1. The van der Waals surface area contributed by atoms with Gasteiger partial charge in [-0.2, -0.15) is 0 Å². The predicted molar refractivity (Wildman–Crippen MR) is 82.9 cm³/mol. The molecule has 1 atom stereocenters. The molecule has 0 aliphatic carbocycles. The maximum Gasteiger partial charge on any atom is 0.322 e. The fourth-order valence-corrected chi connectivity index (χ4v) is 2.10. The first-order chi connectivity index (χ1) is 9.61. The average molecular weight is 287 g/mol. The SMILES string of the molecule is CCCCCCCCOCCC(NC(C)C)C(=O)OC. The van der Waals surface area contributed by atoms with Crippen molar-refractivity contribution >= 4 is 5.97 Å². The summed E-state index contributed by atoms with van der Waals surface area (Å²) in [6.07, 6.45) is 8.28. The van der Waals surface area contributed by atoms with Gasteiger partial charge in [0.25, 0.3) is 0 Å². The molecule has 0 saturated heterocycles. The molecule has 0 rings (SSSR count). The zero-order valence-corrected chi connectivity index (χ0v) is 13.7. The van der Waals surface area contributed by atoms with Crippen molar-refractivity contribution in [2.45, 2.75) is 77.8 Å². The first-order valence-corrected chi connectivity index (χ1v) is 8.03. The molecule has 0 aliphatic rings. The van der Waals surface area contributed by atoms with Crippen molar-refractivity contribution in [2.75, 3.05) is 20.3 Å². The van der Waals surface area contributed by atoms with Crippen LogP contribution in [-0.4, -0.2) is 38.4 Å². The monoisotopic (exact) mass is 287 g/mol. The molecule has 0 saturated carbocycles. The standard InChI is InChI=1S/C16H33NO3/c1-5-6-7-8-9-10-12-20-13-11-15(16(18)19-4)17-14(2)3/h14-15,17H,5-13H2,1-4H3. The topological polar surface area (TPSA) is 47.6 Å². The number of ether oxygens (including phenoxy) is 2. The molecule has 0 fully saturated rings. The van der Waals surface area contributed by atoms with E-state index >= 15 is 0 Å². The minimum absolute atomic E-state index is 0.207. The molecule has 120 valence electrons. The summed E-state index contributed by atoms with van der Waals surface area (Å²) in [4.78, 5) is 11.6. The lowest BCUT2D eigenvalue weighted by Crippen LogP contribution is -2.42. The number of unbranched alkanes of at least 4 members (excludes halogenated alkanes) is 5. The van der Waals surface area contributed by atoms with Crippen LogP contribution in [0.5, 0.6) is 0 Å². The maximum absolute atomic E-state index is 11.6. The zero-order valence-electron chi connectivity index (χ0n) is 13.7. The molecular weight excluding hydrogens is 254 g/mol. The molecule has 0 bridgehead atoms. The highest BCUT2D eigenvalue weighted by atomic mass is 16.5. The van der Waals surface area contributed by atoms with Crippen molar-refractivity contribution in [2.24, 2.45) is 0 Å². The quantitative estimate of drug-likeness (QED) is 0.417. The first-order valence-electron chi connectivity index (χ1n) is 8.03. The molecule has 0 spiro atoms. The van der Waals surface area contributed by atoms with E-state index in [2.05, 4.69) is 12.2 Å². The first kappa shape index (κ1) is 19.4. The summed E-state index contributed by atoms with van der Waals surface area (Å²) >= 11 is 0. The molecule has 0 aromatic rings. The largest absolute Gasteiger partial charge is 0.468 e. The second-order valence-electron chi connectivity index (χ2n) is 5.57. The van der Waals surface area contributed by atoms with E-state index in [0.29, 0.717) is 13.0 Å². The van der Waals surface area contributed by atoms with Crippen LogP contribution >= 0.6 is 0 Å². The average Bonchev–Trinajstić information content (AvgIpc) is 2.43. The lowest BCUT2D eigenvalue weighted by Gasteiger charge is -2.18. The Kier molecular flexibility index (Phi) is 13.0. The van der Waals surface area contributed by atoms with Crippen LogP contribution in [0.4, 0.5) is 0 Å². The molecule has 0 radical (unpaired) electrons. The summed E-state index contributed by atoms with van der Waals surface area (Å²) in [6, 6.07) is 0.00206. The number of nitrogens with one attached hydrogen (secondary N) is 1. The van der Waals surface area contributed by atoms with Gasteiger partial charge in [0.1, 0.15) is 6.04 Å². The van der Waals surface area contributed by atoms with Crippen LogP contribution in [0.25, 0.3) is 0 Å². The molecule has 1 N–H and O–H groups in total. The second kappa shape index (κ2) is 13.4. The predicted octanol–water partition coefficient (Wildman–Crippen LogP) is 3.29. The van der Waals surface area contributed by atoms with Crippen LogP contribution in [0.15, 0.2) is 0 Å². The summed E-state index contributed by atoms with van der Waals surface area (Å²) in [5.74, 6) is -0.207. The number of hydrogen-bond donors (Lipinski definition) is 1. The third kappa shape index (κ3) is 11.2. The van der Waals surface area contributed by atoms with Crippen molar-refractivity contribution in [3.8, 4) is 0 Å². The van der Waals surface area contributed by atoms with Crippen LogP contribution in [-0.2, 0) is 14.3 Å². The highest BCUT2D eigenvalue weighted by Gasteiger charge is 2.19. The number of hydrogen-bond acceptors (Lipinski definition) is 4. The van der Waals surface area contributed by atoms with E-state index in [1.165, 1.54) is 39.2 Å². The maximum atomic E-state index is 11.6. The van der Waals surface area contributed by atoms with Gasteiger partial charge in [0.05, 0.1) is 7.11 Å². The van der Waals surface area contributed by atoms with Gasteiger partial charge in [-0.3, -0.25) is 4.79 Å². The fraction of sp³-hybridized carbons (Fsp3) is 0.938. The number of rotatable bonds is 13. The Morgan fingerprint density at radius 1 is 1.05 bits per heavy atom. The zero-order chi connectivity index (χ0) is 15.2. The summed E-state index contributed by atoms with van der Waals surface area (Å²) in [6.45, 7) is 7.67. The molecule has 0 heterocycles. The van der Waals surface area contributed by atoms with E-state index in [0.717, 1.165) is 13.0 Å².